The highest BCUT2D eigenvalue weighted by Crippen LogP contribution is 2.28. The monoisotopic (exact) mass is 585 g/mol. The molecule has 5 atom stereocenters. The van der Waals surface area contributed by atoms with Gasteiger partial charge in [0.05, 0.1) is 0 Å². The molecule has 0 aromatic rings. The topological polar surface area (TPSA) is 144 Å². The van der Waals surface area contributed by atoms with Crippen LogP contribution in [0.1, 0.15) is 125 Å². The minimum atomic E-state index is -1.38. The molecule has 41 heavy (non-hydrogen) atoms. The summed E-state index contributed by atoms with van der Waals surface area (Å²) in [6, 6.07) is -1.16. The molecule has 1 aliphatic rings. The lowest BCUT2D eigenvalue weighted by molar-refractivity contribution is -0.271. The highest BCUT2D eigenvalue weighted by Gasteiger charge is 2.52. The summed E-state index contributed by atoms with van der Waals surface area (Å²) in [6.45, 7) is 6.55. The Bertz CT molecular complexity index is 817. The van der Waals surface area contributed by atoms with Crippen LogP contribution < -0.4 is 5.32 Å². The zero-order valence-electron chi connectivity index (χ0n) is 25.6. The Hall–Kier alpha value is -2.69. The van der Waals surface area contributed by atoms with Gasteiger partial charge in [-0.3, -0.25) is 24.0 Å². The van der Waals surface area contributed by atoms with Crippen molar-refractivity contribution in [2.75, 3.05) is 6.61 Å². The second kappa shape index (κ2) is 21.1. The zero-order valence-corrected chi connectivity index (χ0v) is 25.6. The van der Waals surface area contributed by atoms with E-state index in [0.717, 1.165) is 40.0 Å². The van der Waals surface area contributed by atoms with Gasteiger partial charge in [-0.15, -0.1) is 0 Å². The van der Waals surface area contributed by atoms with E-state index < -0.39 is 54.5 Å². The van der Waals surface area contributed by atoms with Crippen molar-refractivity contribution < 1.29 is 47.7 Å². The van der Waals surface area contributed by atoms with Gasteiger partial charge in [-0.1, -0.05) is 84.0 Å². The molecule has 1 fully saturated rings. The second-order valence-electron chi connectivity index (χ2n) is 10.7. The van der Waals surface area contributed by atoms with Crippen LogP contribution in [-0.2, 0) is 47.7 Å². The first-order valence-corrected chi connectivity index (χ1v) is 15.1. The molecule has 0 unspecified atom stereocenters. The Balaban J connectivity index is 2.67. The summed E-state index contributed by atoms with van der Waals surface area (Å²) in [5, 5.41) is 2.74. The minimum Gasteiger partial charge on any atom is -0.463 e. The van der Waals surface area contributed by atoms with Crippen molar-refractivity contribution in [3.05, 3.63) is 0 Å². The van der Waals surface area contributed by atoms with Crippen LogP contribution in [0.4, 0.5) is 0 Å². The molecular formula is C30H51NO10. The van der Waals surface area contributed by atoms with Crippen LogP contribution in [-0.4, -0.2) is 67.0 Å². The van der Waals surface area contributed by atoms with Crippen LogP contribution in [0.2, 0.25) is 0 Å². The van der Waals surface area contributed by atoms with Crippen molar-refractivity contribution in [2.45, 2.75) is 155 Å². The minimum absolute atomic E-state index is 0.211. The Morgan fingerprint density at radius 3 is 1.54 bits per heavy atom. The number of carbonyl (C=O) groups excluding carboxylic acids is 5. The lowest BCUT2D eigenvalue weighted by Gasteiger charge is -2.44. The van der Waals surface area contributed by atoms with E-state index in [4.69, 9.17) is 23.7 Å². The van der Waals surface area contributed by atoms with Gasteiger partial charge in [0.15, 0.2) is 12.2 Å². The molecule has 236 valence electrons. The standard InChI is InChI=1S/C30H51NO10/c1-6-7-8-9-10-11-12-13-14-15-16-17-18-19-26(36)31-27-29(39-23(4)34)28(38-22(3)33)25(20-37-21(2)32)41-30(27)40-24(5)35/h25,27-30H,6-20H2,1-5H3,(H,31,36)/t25-,27+,28+,29-,30-/m1/s1. The number of rotatable bonds is 20. The SMILES string of the molecule is CCCCCCCCCCCCCCCC(=O)N[C@@H]1[C@H](OC(C)=O)O[C@H](COC(C)=O)[C@H](OC(C)=O)[C@@H]1OC(C)=O. The van der Waals surface area contributed by atoms with Crippen LogP contribution in [0, 0.1) is 0 Å². The molecule has 1 rings (SSSR count). The van der Waals surface area contributed by atoms with E-state index in [-0.39, 0.29) is 18.9 Å². The number of amides is 1. The van der Waals surface area contributed by atoms with Crippen molar-refractivity contribution in [2.24, 2.45) is 0 Å². The maximum Gasteiger partial charge on any atom is 0.305 e. The summed E-state index contributed by atoms with van der Waals surface area (Å²) >= 11 is 0. The number of hydrogen-bond acceptors (Lipinski definition) is 10. The molecule has 0 aromatic heterocycles. The molecule has 0 aromatic carbocycles. The molecule has 0 radical (unpaired) electrons. The summed E-state index contributed by atoms with van der Waals surface area (Å²) in [5.41, 5.74) is 0. The first-order valence-electron chi connectivity index (χ1n) is 15.1. The van der Waals surface area contributed by atoms with Gasteiger partial charge in [-0.05, 0) is 6.42 Å². The molecule has 1 N–H and O–H groups in total. The zero-order chi connectivity index (χ0) is 30.6. The van der Waals surface area contributed by atoms with Crippen molar-refractivity contribution in [1.82, 2.24) is 5.32 Å². The third-order valence-corrected chi connectivity index (χ3v) is 6.82. The predicted octanol–water partition coefficient (Wildman–Crippen LogP) is 4.67. The van der Waals surface area contributed by atoms with Crippen molar-refractivity contribution in [3.8, 4) is 0 Å². The Kier molecular flexibility index (Phi) is 18.7. The van der Waals surface area contributed by atoms with Gasteiger partial charge in [0, 0.05) is 34.1 Å². The van der Waals surface area contributed by atoms with E-state index >= 15 is 0 Å². The predicted molar refractivity (Wildman–Crippen MR) is 150 cm³/mol. The maximum absolute atomic E-state index is 12.9. The normalized spacial score (nSPS) is 21.9. The summed E-state index contributed by atoms with van der Waals surface area (Å²) in [5.74, 6) is -3.08. The maximum atomic E-state index is 12.9. The molecule has 0 spiro atoms. The fourth-order valence-corrected chi connectivity index (χ4v) is 4.88. The highest BCUT2D eigenvalue weighted by molar-refractivity contribution is 5.76. The van der Waals surface area contributed by atoms with Gasteiger partial charge in [-0.25, -0.2) is 0 Å². The number of esters is 4. The average Bonchev–Trinajstić information content (AvgIpc) is 2.88. The molecule has 0 bridgehead atoms. The summed E-state index contributed by atoms with van der Waals surface area (Å²) in [4.78, 5) is 59.9. The summed E-state index contributed by atoms with van der Waals surface area (Å²) in [7, 11) is 0. The van der Waals surface area contributed by atoms with Gasteiger partial charge in [0.1, 0.15) is 18.8 Å². The highest BCUT2D eigenvalue weighted by atomic mass is 16.7. The van der Waals surface area contributed by atoms with Crippen molar-refractivity contribution >= 4 is 29.8 Å². The first kappa shape index (κ1) is 36.3. The van der Waals surface area contributed by atoms with Gasteiger partial charge >= 0.3 is 23.9 Å². The molecule has 1 amide bonds. The number of carbonyl (C=O) groups is 5. The third kappa shape index (κ3) is 16.4. The van der Waals surface area contributed by atoms with E-state index in [1.54, 1.807) is 0 Å². The van der Waals surface area contributed by atoms with Crippen molar-refractivity contribution in [3.63, 3.8) is 0 Å². The lowest BCUT2D eigenvalue weighted by atomic mass is 9.95. The summed E-state index contributed by atoms with van der Waals surface area (Å²) in [6.07, 6.45) is 10.6. The van der Waals surface area contributed by atoms with Gasteiger partial charge in [0.2, 0.25) is 12.2 Å². The number of hydrogen-bond donors (Lipinski definition) is 1. The van der Waals surface area contributed by atoms with Crippen LogP contribution in [0.25, 0.3) is 0 Å². The van der Waals surface area contributed by atoms with Crippen LogP contribution in [0.5, 0.6) is 0 Å². The second-order valence-corrected chi connectivity index (χ2v) is 10.7. The number of ether oxygens (including phenoxy) is 5. The molecule has 1 saturated heterocycles. The molecule has 0 aliphatic carbocycles. The molecule has 11 heteroatoms. The fraction of sp³-hybridized carbons (Fsp3) is 0.833. The van der Waals surface area contributed by atoms with Crippen LogP contribution >= 0.6 is 0 Å². The fourth-order valence-electron chi connectivity index (χ4n) is 4.88. The van der Waals surface area contributed by atoms with E-state index in [1.165, 1.54) is 64.7 Å². The van der Waals surface area contributed by atoms with Gasteiger partial charge in [0.25, 0.3) is 0 Å². The lowest BCUT2D eigenvalue weighted by Crippen LogP contribution is -2.67. The molecule has 0 saturated carbocycles. The smallest absolute Gasteiger partial charge is 0.305 e. The molecular weight excluding hydrogens is 534 g/mol. The number of unbranched alkanes of at least 4 members (excludes halogenated alkanes) is 12. The Labute approximate surface area is 244 Å². The van der Waals surface area contributed by atoms with E-state index in [1.807, 2.05) is 0 Å². The number of nitrogens with one attached hydrogen (secondary N) is 1. The Morgan fingerprint density at radius 2 is 1.07 bits per heavy atom. The largest absolute Gasteiger partial charge is 0.463 e. The summed E-state index contributed by atoms with van der Waals surface area (Å²) < 4.78 is 26.9. The van der Waals surface area contributed by atoms with Crippen LogP contribution in [0.3, 0.4) is 0 Å². The third-order valence-electron chi connectivity index (χ3n) is 6.82. The molecule has 11 nitrogen and oxygen atoms in total. The van der Waals surface area contributed by atoms with E-state index in [9.17, 15) is 24.0 Å². The molecule has 1 aliphatic heterocycles. The van der Waals surface area contributed by atoms with E-state index in [0.29, 0.717) is 6.42 Å². The van der Waals surface area contributed by atoms with Crippen molar-refractivity contribution in [1.29, 1.82) is 0 Å². The van der Waals surface area contributed by atoms with Gasteiger partial charge < -0.3 is 29.0 Å². The van der Waals surface area contributed by atoms with E-state index in [2.05, 4.69) is 12.2 Å². The first-order chi connectivity index (χ1) is 19.5. The van der Waals surface area contributed by atoms with Gasteiger partial charge in [-0.2, -0.15) is 0 Å². The quantitative estimate of drug-likeness (QED) is 0.122. The molecule has 1 heterocycles. The Morgan fingerprint density at radius 1 is 0.610 bits per heavy atom. The van der Waals surface area contributed by atoms with Crippen LogP contribution in [0.15, 0.2) is 0 Å². The average molecular weight is 586 g/mol.